The molecule has 3 rings (SSSR count). The molecule has 8 nitrogen and oxygen atoms in total. The van der Waals surface area contributed by atoms with Gasteiger partial charge in [0.05, 0.1) is 18.4 Å². The van der Waals surface area contributed by atoms with Crippen molar-refractivity contribution in [3.8, 4) is 5.75 Å². The molecule has 172 valence electrons. The van der Waals surface area contributed by atoms with Crippen molar-refractivity contribution >= 4 is 21.8 Å². The SMILES string of the molecule is COc1cccc(CC(=O)N2CCN(C(=O)c3ccc(S(=O)(=O)NC(C)C)cc3)CC2)c1. The van der Waals surface area contributed by atoms with E-state index in [0.29, 0.717) is 37.5 Å². The van der Waals surface area contributed by atoms with Crippen LogP contribution < -0.4 is 9.46 Å². The van der Waals surface area contributed by atoms with E-state index in [1.165, 1.54) is 24.3 Å². The van der Waals surface area contributed by atoms with Crippen molar-refractivity contribution in [3.63, 3.8) is 0 Å². The molecule has 0 bridgehead atoms. The molecule has 32 heavy (non-hydrogen) atoms. The summed E-state index contributed by atoms with van der Waals surface area (Å²) >= 11 is 0. The first-order chi connectivity index (χ1) is 15.2. The lowest BCUT2D eigenvalue weighted by Gasteiger charge is -2.35. The van der Waals surface area contributed by atoms with Gasteiger partial charge in [0.15, 0.2) is 0 Å². The van der Waals surface area contributed by atoms with Crippen molar-refractivity contribution in [2.24, 2.45) is 0 Å². The Hall–Kier alpha value is -2.91. The number of nitrogens with one attached hydrogen (secondary N) is 1. The monoisotopic (exact) mass is 459 g/mol. The molecule has 1 saturated heterocycles. The van der Waals surface area contributed by atoms with Crippen LogP contribution in [-0.2, 0) is 21.2 Å². The van der Waals surface area contributed by atoms with Crippen LogP contribution in [0.4, 0.5) is 0 Å². The quantitative estimate of drug-likeness (QED) is 0.682. The molecule has 1 N–H and O–H groups in total. The average molecular weight is 460 g/mol. The number of carbonyl (C=O) groups excluding carboxylic acids is 2. The fraction of sp³-hybridized carbons (Fsp3) is 0.391. The van der Waals surface area contributed by atoms with Gasteiger partial charge in [0, 0.05) is 37.8 Å². The molecule has 1 aliphatic rings. The maximum atomic E-state index is 12.8. The highest BCUT2D eigenvalue weighted by atomic mass is 32.2. The maximum absolute atomic E-state index is 12.8. The highest BCUT2D eigenvalue weighted by Gasteiger charge is 2.25. The van der Waals surface area contributed by atoms with E-state index in [0.717, 1.165) is 5.56 Å². The van der Waals surface area contributed by atoms with Crippen LogP contribution >= 0.6 is 0 Å². The van der Waals surface area contributed by atoms with E-state index < -0.39 is 10.0 Å². The van der Waals surface area contributed by atoms with E-state index in [-0.39, 0.29) is 29.2 Å². The molecule has 2 amide bonds. The smallest absolute Gasteiger partial charge is 0.253 e. The molecule has 1 fully saturated rings. The average Bonchev–Trinajstić information content (AvgIpc) is 2.78. The van der Waals surface area contributed by atoms with Crippen molar-refractivity contribution in [1.29, 1.82) is 0 Å². The number of methoxy groups -OCH3 is 1. The second-order valence-electron chi connectivity index (χ2n) is 8.00. The zero-order valence-electron chi connectivity index (χ0n) is 18.6. The summed E-state index contributed by atoms with van der Waals surface area (Å²) in [4.78, 5) is 29.0. The molecule has 1 heterocycles. The Morgan fingerprint density at radius 2 is 1.62 bits per heavy atom. The van der Waals surface area contributed by atoms with Crippen molar-refractivity contribution in [1.82, 2.24) is 14.5 Å². The summed E-state index contributed by atoms with van der Waals surface area (Å²) in [6, 6.07) is 13.1. The Bertz CT molecular complexity index is 1060. The number of hydrogen-bond acceptors (Lipinski definition) is 5. The van der Waals surface area contributed by atoms with Gasteiger partial charge < -0.3 is 14.5 Å². The third-order valence-corrected chi connectivity index (χ3v) is 6.89. The molecule has 0 radical (unpaired) electrons. The lowest BCUT2D eigenvalue weighted by Crippen LogP contribution is -2.51. The minimum Gasteiger partial charge on any atom is -0.497 e. The normalized spacial score (nSPS) is 14.5. The largest absolute Gasteiger partial charge is 0.497 e. The first-order valence-electron chi connectivity index (χ1n) is 10.5. The number of rotatable bonds is 7. The predicted octanol–water partition coefficient (Wildman–Crippen LogP) is 1.91. The van der Waals surface area contributed by atoms with E-state index in [2.05, 4.69) is 4.72 Å². The van der Waals surface area contributed by atoms with Crippen LogP contribution in [0.1, 0.15) is 29.8 Å². The molecule has 0 saturated carbocycles. The number of hydrogen-bond donors (Lipinski definition) is 1. The van der Waals surface area contributed by atoms with Gasteiger partial charge in [0.25, 0.3) is 5.91 Å². The van der Waals surface area contributed by atoms with E-state index in [4.69, 9.17) is 4.74 Å². The van der Waals surface area contributed by atoms with Crippen molar-refractivity contribution in [2.45, 2.75) is 31.2 Å². The first kappa shape index (κ1) is 23.7. The fourth-order valence-electron chi connectivity index (χ4n) is 3.57. The molecule has 2 aromatic carbocycles. The summed E-state index contributed by atoms with van der Waals surface area (Å²) in [6.07, 6.45) is 0.283. The van der Waals surface area contributed by atoms with Gasteiger partial charge in [-0.1, -0.05) is 12.1 Å². The van der Waals surface area contributed by atoms with Crippen LogP contribution in [-0.4, -0.2) is 69.4 Å². The topological polar surface area (TPSA) is 96.0 Å². The second-order valence-corrected chi connectivity index (χ2v) is 9.72. The highest BCUT2D eigenvalue weighted by Crippen LogP contribution is 2.16. The van der Waals surface area contributed by atoms with Crippen molar-refractivity contribution in [2.75, 3.05) is 33.3 Å². The van der Waals surface area contributed by atoms with E-state index in [1.54, 1.807) is 30.8 Å². The summed E-state index contributed by atoms with van der Waals surface area (Å²) in [7, 11) is -2.01. The number of amides is 2. The zero-order valence-corrected chi connectivity index (χ0v) is 19.4. The van der Waals surface area contributed by atoms with Crippen LogP contribution in [0.25, 0.3) is 0 Å². The molecular formula is C23H29N3O5S. The maximum Gasteiger partial charge on any atom is 0.253 e. The third kappa shape index (κ3) is 5.86. The Balaban J connectivity index is 1.56. The Labute approximate surface area is 189 Å². The van der Waals surface area contributed by atoms with Gasteiger partial charge in [-0.3, -0.25) is 9.59 Å². The van der Waals surface area contributed by atoms with Gasteiger partial charge in [0.1, 0.15) is 5.75 Å². The van der Waals surface area contributed by atoms with Crippen LogP contribution in [0.15, 0.2) is 53.4 Å². The Kier molecular flexibility index (Phi) is 7.52. The van der Waals surface area contributed by atoms with Crippen LogP contribution in [0, 0.1) is 0 Å². The zero-order chi connectivity index (χ0) is 23.3. The number of ether oxygens (including phenoxy) is 1. The molecule has 0 aromatic heterocycles. The minimum absolute atomic E-state index is 0.0116. The van der Waals surface area contributed by atoms with Gasteiger partial charge in [-0.2, -0.15) is 0 Å². The highest BCUT2D eigenvalue weighted by molar-refractivity contribution is 7.89. The molecule has 0 aliphatic carbocycles. The summed E-state index contributed by atoms with van der Waals surface area (Å²) in [5.41, 5.74) is 1.31. The standard InChI is InChI=1S/C23H29N3O5S/c1-17(2)24-32(29,30)21-9-7-19(8-10-21)23(28)26-13-11-25(12-14-26)22(27)16-18-5-4-6-20(15-18)31-3/h4-10,15,17,24H,11-14,16H2,1-3H3. The minimum atomic E-state index is -3.60. The molecule has 0 atom stereocenters. The Morgan fingerprint density at radius 1 is 1.00 bits per heavy atom. The number of nitrogens with zero attached hydrogens (tertiary/aromatic N) is 2. The van der Waals surface area contributed by atoms with Crippen molar-refractivity contribution in [3.05, 3.63) is 59.7 Å². The summed E-state index contributed by atoms with van der Waals surface area (Å²) in [5.74, 6) is 0.549. The molecule has 0 unspecified atom stereocenters. The van der Waals surface area contributed by atoms with Crippen LogP contribution in [0.5, 0.6) is 5.75 Å². The molecular weight excluding hydrogens is 430 g/mol. The summed E-state index contributed by atoms with van der Waals surface area (Å²) < 4.78 is 32.2. The van der Waals surface area contributed by atoms with Gasteiger partial charge in [0.2, 0.25) is 15.9 Å². The third-order valence-electron chi connectivity index (χ3n) is 5.21. The number of sulfonamides is 1. The predicted molar refractivity (Wildman–Crippen MR) is 121 cm³/mol. The van der Waals surface area contributed by atoms with Gasteiger partial charge >= 0.3 is 0 Å². The van der Waals surface area contributed by atoms with E-state index in [1.807, 2.05) is 24.3 Å². The molecule has 0 spiro atoms. The second kappa shape index (κ2) is 10.1. The van der Waals surface area contributed by atoms with Gasteiger partial charge in [-0.15, -0.1) is 0 Å². The van der Waals surface area contributed by atoms with E-state index in [9.17, 15) is 18.0 Å². The Morgan fingerprint density at radius 3 is 2.22 bits per heavy atom. The molecule has 9 heteroatoms. The lowest BCUT2D eigenvalue weighted by molar-refractivity contribution is -0.131. The number of carbonyl (C=O) groups is 2. The lowest BCUT2D eigenvalue weighted by atomic mass is 10.1. The summed E-state index contributed by atoms with van der Waals surface area (Å²) in [6.45, 7) is 5.26. The van der Waals surface area contributed by atoms with E-state index >= 15 is 0 Å². The van der Waals surface area contributed by atoms with Crippen LogP contribution in [0.2, 0.25) is 0 Å². The summed E-state index contributed by atoms with van der Waals surface area (Å²) in [5, 5.41) is 0. The van der Waals surface area contributed by atoms with Gasteiger partial charge in [-0.25, -0.2) is 13.1 Å². The van der Waals surface area contributed by atoms with Crippen molar-refractivity contribution < 1.29 is 22.7 Å². The van der Waals surface area contributed by atoms with Crippen LogP contribution in [0.3, 0.4) is 0 Å². The van der Waals surface area contributed by atoms with Gasteiger partial charge in [-0.05, 0) is 55.8 Å². The number of piperazine rings is 1. The molecule has 1 aliphatic heterocycles. The fourth-order valence-corrected chi connectivity index (χ4v) is 4.82. The first-order valence-corrected chi connectivity index (χ1v) is 12.0. The molecule has 2 aromatic rings. The number of benzene rings is 2.